The van der Waals surface area contributed by atoms with Gasteiger partial charge in [0.1, 0.15) is 5.75 Å². The summed E-state index contributed by atoms with van der Waals surface area (Å²) < 4.78 is 6.36. The van der Waals surface area contributed by atoms with E-state index in [1.807, 2.05) is 54.4 Å². The van der Waals surface area contributed by atoms with E-state index in [2.05, 4.69) is 15.9 Å². The first-order chi connectivity index (χ1) is 8.63. The SMILES string of the molecule is COc1ccccc1N(C)c1cc(Br)ccc1N. The topological polar surface area (TPSA) is 38.5 Å². The van der Waals surface area contributed by atoms with Crippen LogP contribution in [0.3, 0.4) is 0 Å². The van der Waals surface area contributed by atoms with Crippen LogP contribution in [-0.4, -0.2) is 14.2 Å². The fourth-order valence-electron chi connectivity index (χ4n) is 1.84. The summed E-state index contributed by atoms with van der Waals surface area (Å²) in [5.41, 5.74) is 8.66. The number of nitrogens with zero attached hydrogens (tertiary/aromatic N) is 1. The summed E-state index contributed by atoms with van der Waals surface area (Å²) in [6.07, 6.45) is 0. The van der Waals surface area contributed by atoms with E-state index in [-0.39, 0.29) is 0 Å². The van der Waals surface area contributed by atoms with Gasteiger partial charge in [-0.25, -0.2) is 0 Å². The second kappa shape index (κ2) is 5.31. The molecule has 18 heavy (non-hydrogen) atoms. The van der Waals surface area contributed by atoms with Gasteiger partial charge in [-0.2, -0.15) is 0 Å². The van der Waals surface area contributed by atoms with Crippen LogP contribution in [-0.2, 0) is 0 Å². The van der Waals surface area contributed by atoms with Crippen molar-refractivity contribution in [2.45, 2.75) is 0 Å². The molecule has 0 saturated heterocycles. The van der Waals surface area contributed by atoms with Crippen LogP contribution >= 0.6 is 15.9 Å². The molecule has 94 valence electrons. The van der Waals surface area contributed by atoms with Gasteiger partial charge in [-0.15, -0.1) is 0 Å². The van der Waals surface area contributed by atoms with Gasteiger partial charge in [0.05, 0.1) is 24.2 Å². The number of nitrogen functional groups attached to an aromatic ring is 1. The highest BCUT2D eigenvalue weighted by Gasteiger charge is 2.12. The number of hydrogen-bond acceptors (Lipinski definition) is 3. The molecule has 2 rings (SSSR count). The van der Waals surface area contributed by atoms with E-state index in [0.29, 0.717) is 0 Å². The molecule has 0 aliphatic heterocycles. The molecule has 0 atom stereocenters. The molecule has 2 aromatic rings. The maximum atomic E-state index is 6.02. The van der Waals surface area contributed by atoms with Gasteiger partial charge in [0.25, 0.3) is 0 Å². The monoisotopic (exact) mass is 306 g/mol. The molecule has 4 heteroatoms. The second-order valence-electron chi connectivity index (χ2n) is 3.93. The van der Waals surface area contributed by atoms with Crippen molar-refractivity contribution in [1.29, 1.82) is 0 Å². The summed E-state index contributed by atoms with van der Waals surface area (Å²) in [4.78, 5) is 2.01. The Balaban J connectivity index is 2.47. The minimum atomic E-state index is 0.728. The Hall–Kier alpha value is -1.68. The van der Waals surface area contributed by atoms with Crippen molar-refractivity contribution < 1.29 is 4.74 Å². The molecule has 0 spiro atoms. The van der Waals surface area contributed by atoms with Crippen molar-refractivity contribution in [3.05, 3.63) is 46.9 Å². The summed E-state index contributed by atoms with van der Waals surface area (Å²) in [6, 6.07) is 13.6. The molecule has 0 unspecified atom stereocenters. The van der Waals surface area contributed by atoms with Gasteiger partial charge in [-0.3, -0.25) is 0 Å². The molecule has 0 saturated carbocycles. The van der Waals surface area contributed by atoms with Crippen LogP contribution in [0.4, 0.5) is 17.1 Å². The highest BCUT2D eigenvalue weighted by molar-refractivity contribution is 9.10. The number of halogens is 1. The third-order valence-corrected chi connectivity index (χ3v) is 3.29. The molecular formula is C14H15BrN2O. The molecule has 0 heterocycles. The Kier molecular flexibility index (Phi) is 3.77. The normalized spacial score (nSPS) is 10.2. The standard InChI is InChI=1S/C14H15BrN2O/c1-17(12-5-3-4-6-14(12)18-2)13-9-10(15)7-8-11(13)16/h3-9H,16H2,1-2H3. The van der Waals surface area contributed by atoms with Gasteiger partial charge in [0.15, 0.2) is 0 Å². The van der Waals surface area contributed by atoms with E-state index in [9.17, 15) is 0 Å². The van der Waals surface area contributed by atoms with Crippen LogP contribution in [0.15, 0.2) is 46.9 Å². The average molecular weight is 307 g/mol. The minimum absolute atomic E-state index is 0.728. The van der Waals surface area contributed by atoms with Crippen LogP contribution in [0.2, 0.25) is 0 Å². The smallest absolute Gasteiger partial charge is 0.142 e. The zero-order valence-electron chi connectivity index (χ0n) is 10.4. The lowest BCUT2D eigenvalue weighted by molar-refractivity contribution is 0.415. The fourth-order valence-corrected chi connectivity index (χ4v) is 2.19. The molecule has 0 bridgehead atoms. The average Bonchev–Trinajstić information content (AvgIpc) is 2.40. The van der Waals surface area contributed by atoms with Gasteiger partial charge in [0, 0.05) is 11.5 Å². The van der Waals surface area contributed by atoms with E-state index in [0.717, 1.165) is 27.3 Å². The predicted molar refractivity (Wildman–Crippen MR) is 79.6 cm³/mol. The lowest BCUT2D eigenvalue weighted by Gasteiger charge is -2.23. The van der Waals surface area contributed by atoms with Crippen molar-refractivity contribution in [1.82, 2.24) is 0 Å². The number of anilines is 3. The van der Waals surface area contributed by atoms with Gasteiger partial charge in [-0.1, -0.05) is 28.1 Å². The van der Waals surface area contributed by atoms with Crippen LogP contribution in [0.1, 0.15) is 0 Å². The molecular weight excluding hydrogens is 292 g/mol. The number of para-hydroxylation sites is 2. The molecule has 0 aliphatic carbocycles. The Labute approximate surface area is 115 Å². The highest BCUT2D eigenvalue weighted by atomic mass is 79.9. The van der Waals surface area contributed by atoms with E-state index in [1.165, 1.54) is 0 Å². The van der Waals surface area contributed by atoms with Crippen molar-refractivity contribution in [2.24, 2.45) is 0 Å². The van der Waals surface area contributed by atoms with Gasteiger partial charge in [0.2, 0.25) is 0 Å². The number of methoxy groups -OCH3 is 1. The summed E-state index contributed by atoms with van der Waals surface area (Å²) in [5, 5.41) is 0. The summed E-state index contributed by atoms with van der Waals surface area (Å²) in [6.45, 7) is 0. The largest absolute Gasteiger partial charge is 0.495 e. The summed E-state index contributed by atoms with van der Waals surface area (Å²) in [7, 11) is 3.63. The zero-order valence-corrected chi connectivity index (χ0v) is 11.9. The molecule has 3 nitrogen and oxygen atoms in total. The molecule has 0 amide bonds. The third kappa shape index (κ3) is 2.43. The first-order valence-electron chi connectivity index (χ1n) is 5.55. The van der Waals surface area contributed by atoms with Crippen molar-refractivity contribution in [2.75, 3.05) is 24.8 Å². The lowest BCUT2D eigenvalue weighted by atomic mass is 10.2. The molecule has 0 aromatic heterocycles. The van der Waals surface area contributed by atoms with Crippen LogP contribution in [0.5, 0.6) is 5.75 Å². The van der Waals surface area contributed by atoms with Crippen LogP contribution in [0.25, 0.3) is 0 Å². The van der Waals surface area contributed by atoms with Gasteiger partial charge < -0.3 is 15.4 Å². The number of rotatable bonds is 3. The molecule has 0 aliphatic rings. The number of hydrogen-bond donors (Lipinski definition) is 1. The maximum absolute atomic E-state index is 6.02. The van der Waals surface area contributed by atoms with Crippen molar-refractivity contribution in [3.8, 4) is 5.75 Å². The van der Waals surface area contributed by atoms with E-state index >= 15 is 0 Å². The maximum Gasteiger partial charge on any atom is 0.142 e. The lowest BCUT2D eigenvalue weighted by Crippen LogP contribution is -2.12. The van der Waals surface area contributed by atoms with E-state index in [1.54, 1.807) is 7.11 Å². The summed E-state index contributed by atoms with van der Waals surface area (Å²) in [5.74, 6) is 0.819. The minimum Gasteiger partial charge on any atom is -0.495 e. The van der Waals surface area contributed by atoms with E-state index in [4.69, 9.17) is 10.5 Å². The van der Waals surface area contributed by atoms with Crippen LogP contribution in [0, 0.1) is 0 Å². The van der Waals surface area contributed by atoms with Crippen molar-refractivity contribution in [3.63, 3.8) is 0 Å². The Morgan fingerprint density at radius 3 is 2.56 bits per heavy atom. The number of nitrogens with two attached hydrogens (primary N) is 1. The highest BCUT2D eigenvalue weighted by Crippen LogP contribution is 2.36. The molecule has 2 N–H and O–H groups in total. The predicted octanol–water partition coefficient (Wildman–Crippen LogP) is 3.81. The fraction of sp³-hybridized carbons (Fsp3) is 0.143. The Morgan fingerprint density at radius 2 is 1.83 bits per heavy atom. The Bertz CT molecular complexity index is 557. The molecule has 0 radical (unpaired) electrons. The van der Waals surface area contributed by atoms with Crippen LogP contribution < -0.4 is 15.4 Å². The number of ether oxygens (including phenoxy) is 1. The first-order valence-corrected chi connectivity index (χ1v) is 6.34. The van der Waals surface area contributed by atoms with Crippen molar-refractivity contribution >= 4 is 33.0 Å². The summed E-state index contributed by atoms with van der Waals surface area (Å²) >= 11 is 3.46. The second-order valence-corrected chi connectivity index (χ2v) is 4.85. The van der Waals surface area contributed by atoms with Gasteiger partial charge in [-0.05, 0) is 30.3 Å². The molecule has 2 aromatic carbocycles. The number of benzene rings is 2. The quantitative estimate of drug-likeness (QED) is 0.876. The zero-order chi connectivity index (χ0) is 13.1. The van der Waals surface area contributed by atoms with E-state index < -0.39 is 0 Å². The third-order valence-electron chi connectivity index (χ3n) is 2.80. The Morgan fingerprint density at radius 1 is 1.11 bits per heavy atom. The van der Waals surface area contributed by atoms with Gasteiger partial charge >= 0.3 is 0 Å². The molecule has 0 fully saturated rings. The first kappa shape index (κ1) is 12.8.